The van der Waals surface area contributed by atoms with Crippen molar-refractivity contribution in [2.75, 3.05) is 26.2 Å². The number of rotatable bonds is 6. The first-order valence-electron chi connectivity index (χ1n) is 7.67. The van der Waals surface area contributed by atoms with Gasteiger partial charge in [-0.3, -0.25) is 0 Å². The Bertz CT molecular complexity index is 195. The molecule has 1 N–H and O–H groups in total. The molecule has 0 atom stereocenters. The number of hydrogen-bond acceptors (Lipinski definition) is 2. The van der Waals surface area contributed by atoms with Crippen molar-refractivity contribution in [2.24, 2.45) is 5.92 Å². The van der Waals surface area contributed by atoms with Crippen molar-refractivity contribution < 1.29 is 0 Å². The van der Waals surface area contributed by atoms with Crippen LogP contribution in [0.5, 0.6) is 0 Å². The van der Waals surface area contributed by atoms with Crippen molar-refractivity contribution in [3.63, 3.8) is 0 Å². The maximum absolute atomic E-state index is 3.79. The van der Waals surface area contributed by atoms with Crippen molar-refractivity contribution in [3.8, 4) is 0 Å². The van der Waals surface area contributed by atoms with Crippen LogP contribution in [-0.4, -0.2) is 36.6 Å². The average molecular weight is 240 g/mol. The van der Waals surface area contributed by atoms with Crippen LogP contribution in [0.15, 0.2) is 0 Å². The van der Waals surface area contributed by atoms with Crippen molar-refractivity contribution in [1.82, 2.24) is 10.2 Å². The van der Waals surface area contributed by atoms with Gasteiger partial charge in [-0.25, -0.2) is 0 Å². The fourth-order valence-electron chi connectivity index (χ4n) is 3.01. The predicted molar refractivity (Wildman–Crippen MR) is 76.4 cm³/mol. The molecule has 1 fully saturated rings. The molecule has 0 spiro atoms. The Morgan fingerprint density at radius 1 is 1.12 bits per heavy atom. The highest BCUT2D eigenvalue weighted by Gasteiger charge is 2.30. The van der Waals surface area contributed by atoms with Gasteiger partial charge >= 0.3 is 0 Å². The van der Waals surface area contributed by atoms with E-state index in [1.54, 1.807) is 0 Å². The summed E-state index contributed by atoms with van der Waals surface area (Å²) in [6.07, 6.45) is 6.46. The lowest BCUT2D eigenvalue weighted by Crippen LogP contribution is -2.51. The highest BCUT2D eigenvalue weighted by atomic mass is 15.2. The summed E-state index contributed by atoms with van der Waals surface area (Å²) >= 11 is 0. The van der Waals surface area contributed by atoms with Crippen LogP contribution in [0, 0.1) is 5.92 Å². The second-order valence-electron chi connectivity index (χ2n) is 5.69. The van der Waals surface area contributed by atoms with Crippen molar-refractivity contribution in [1.29, 1.82) is 0 Å². The number of nitrogens with zero attached hydrogens (tertiary/aromatic N) is 1. The SMILES string of the molecule is CCC(CC)CN1CCCNC(CC)(CC)C1. The molecule has 1 saturated heterocycles. The molecule has 0 aromatic carbocycles. The van der Waals surface area contributed by atoms with Gasteiger partial charge in [0.2, 0.25) is 0 Å². The molecule has 17 heavy (non-hydrogen) atoms. The molecule has 0 aromatic heterocycles. The Morgan fingerprint density at radius 3 is 2.29 bits per heavy atom. The lowest BCUT2D eigenvalue weighted by atomic mass is 9.91. The van der Waals surface area contributed by atoms with Gasteiger partial charge in [-0.1, -0.05) is 40.5 Å². The van der Waals surface area contributed by atoms with E-state index in [1.807, 2.05) is 0 Å². The molecule has 1 heterocycles. The quantitative estimate of drug-likeness (QED) is 0.766. The fraction of sp³-hybridized carbons (Fsp3) is 1.00. The molecular formula is C15H32N2. The van der Waals surface area contributed by atoms with Crippen LogP contribution in [0.1, 0.15) is 59.8 Å². The Balaban J connectivity index is 2.59. The number of hydrogen-bond donors (Lipinski definition) is 1. The molecule has 102 valence electrons. The van der Waals surface area contributed by atoms with Crippen molar-refractivity contribution in [3.05, 3.63) is 0 Å². The molecule has 0 bridgehead atoms. The summed E-state index contributed by atoms with van der Waals surface area (Å²) in [6.45, 7) is 14.3. The summed E-state index contributed by atoms with van der Waals surface area (Å²) in [5.41, 5.74) is 0.378. The monoisotopic (exact) mass is 240 g/mol. The Hall–Kier alpha value is -0.0800. The first kappa shape index (κ1) is 15.0. The van der Waals surface area contributed by atoms with E-state index in [0.717, 1.165) is 5.92 Å². The normalized spacial score (nSPS) is 21.7. The van der Waals surface area contributed by atoms with Crippen LogP contribution < -0.4 is 5.32 Å². The Kier molecular flexibility index (Phi) is 6.50. The maximum atomic E-state index is 3.79. The highest BCUT2D eigenvalue weighted by molar-refractivity contribution is 4.91. The molecule has 0 aromatic rings. The summed E-state index contributed by atoms with van der Waals surface area (Å²) < 4.78 is 0. The van der Waals surface area contributed by atoms with Gasteiger partial charge < -0.3 is 10.2 Å². The Morgan fingerprint density at radius 2 is 1.76 bits per heavy atom. The standard InChI is InChI=1S/C15H32N2/c1-5-14(6-2)12-17-11-9-10-16-15(7-3,8-4)13-17/h14,16H,5-13H2,1-4H3. The van der Waals surface area contributed by atoms with E-state index in [2.05, 4.69) is 37.9 Å². The van der Waals surface area contributed by atoms with Gasteiger partial charge in [-0.15, -0.1) is 0 Å². The van der Waals surface area contributed by atoms with E-state index in [4.69, 9.17) is 0 Å². The zero-order valence-corrected chi connectivity index (χ0v) is 12.4. The molecular weight excluding hydrogens is 208 g/mol. The third-order valence-electron chi connectivity index (χ3n) is 4.70. The molecule has 2 nitrogen and oxygen atoms in total. The van der Waals surface area contributed by atoms with Crippen LogP contribution in [0.25, 0.3) is 0 Å². The summed E-state index contributed by atoms with van der Waals surface area (Å²) in [4.78, 5) is 2.71. The van der Waals surface area contributed by atoms with Crippen LogP contribution in [-0.2, 0) is 0 Å². The third kappa shape index (κ3) is 4.26. The smallest absolute Gasteiger partial charge is 0.0303 e. The lowest BCUT2D eigenvalue weighted by Gasteiger charge is -2.36. The van der Waals surface area contributed by atoms with Gasteiger partial charge in [0.25, 0.3) is 0 Å². The number of nitrogens with one attached hydrogen (secondary N) is 1. The van der Waals surface area contributed by atoms with Crippen molar-refractivity contribution >= 4 is 0 Å². The topological polar surface area (TPSA) is 15.3 Å². The molecule has 0 aliphatic carbocycles. The van der Waals surface area contributed by atoms with Gasteiger partial charge in [0.1, 0.15) is 0 Å². The minimum absolute atomic E-state index is 0.378. The predicted octanol–water partition coefficient (Wildman–Crippen LogP) is 3.28. The van der Waals surface area contributed by atoms with E-state index in [9.17, 15) is 0 Å². The second kappa shape index (κ2) is 7.38. The summed E-state index contributed by atoms with van der Waals surface area (Å²) in [5.74, 6) is 0.888. The molecule has 1 aliphatic heterocycles. The van der Waals surface area contributed by atoms with Gasteiger partial charge in [0.15, 0.2) is 0 Å². The molecule has 0 amide bonds. The minimum Gasteiger partial charge on any atom is -0.310 e. The molecule has 2 heteroatoms. The third-order valence-corrected chi connectivity index (χ3v) is 4.70. The average Bonchev–Trinajstić information content (AvgIpc) is 2.58. The van der Waals surface area contributed by atoms with E-state index >= 15 is 0 Å². The minimum atomic E-state index is 0.378. The van der Waals surface area contributed by atoms with Gasteiger partial charge in [0.05, 0.1) is 0 Å². The largest absolute Gasteiger partial charge is 0.310 e. The maximum Gasteiger partial charge on any atom is 0.0303 e. The second-order valence-corrected chi connectivity index (χ2v) is 5.69. The molecule has 0 unspecified atom stereocenters. The first-order valence-corrected chi connectivity index (χ1v) is 7.67. The molecule has 0 radical (unpaired) electrons. The van der Waals surface area contributed by atoms with Gasteiger partial charge in [-0.2, -0.15) is 0 Å². The van der Waals surface area contributed by atoms with E-state index in [-0.39, 0.29) is 0 Å². The Labute approximate surface area is 108 Å². The van der Waals surface area contributed by atoms with Crippen LogP contribution in [0.4, 0.5) is 0 Å². The van der Waals surface area contributed by atoms with Crippen LogP contribution >= 0.6 is 0 Å². The van der Waals surface area contributed by atoms with Crippen molar-refractivity contribution in [2.45, 2.75) is 65.3 Å². The summed E-state index contributed by atoms with van der Waals surface area (Å²) in [5, 5.41) is 3.79. The summed E-state index contributed by atoms with van der Waals surface area (Å²) in [7, 11) is 0. The van der Waals surface area contributed by atoms with Gasteiger partial charge in [-0.05, 0) is 38.3 Å². The first-order chi connectivity index (χ1) is 8.19. The fourth-order valence-corrected chi connectivity index (χ4v) is 3.01. The van der Waals surface area contributed by atoms with Crippen LogP contribution in [0.3, 0.4) is 0 Å². The van der Waals surface area contributed by atoms with E-state index in [0.29, 0.717) is 5.54 Å². The zero-order chi connectivity index (χ0) is 12.7. The molecule has 0 saturated carbocycles. The van der Waals surface area contributed by atoms with Gasteiger partial charge in [0, 0.05) is 18.6 Å². The molecule has 1 aliphatic rings. The van der Waals surface area contributed by atoms with E-state index < -0.39 is 0 Å². The van der Waals surface area contributed by atoms with E-state index in [1.165, 1.54) is 58.3 Å². The molecule has 1 rings (SSSR count). The summed E-state index contributed by atoms with van der Waals surface area (Å²) in [6, 6.07) is 0. The van der Waals surface area contributed by atoms with Crippen LogP contribution in [0.2, 0.25) is 0 Å². The highest BCUT2D eigenvalue weighted by Crippen LogP contribution is 2.21. The zero-order valence-electron chi connectivity index (χ0n) is 12.4. The lowest BCUT2D eigenvalue weighted by molar-refractivity contribution is 0.171.